The Kier molecular flexibility index (Phi) is 4.87. The van der Waals surface area contributed by atoms with Crippen LogP contribution in [0.5, 0.6) is 0 Å². The molecule has 0 aliphatic carbocycles. The second-order valence-electron chi connectivity index (χ2n) is 2.01. The van der Waals surface area contributed by atoms with Crippen molar-refractivity contribution >= 4 is 5.97 Å². The number of aliphatic hydroxyl groups excluding tert-OH is 1. The number of carbonyl (C=O) groups excluding carboxylic acids is 1. The summed E-state index contributed by atoms with van der Waals surface area (Å²) in [5, 5.41) is 11.3. The molecule has 0 aromatic carbocycles. The first-order chi connectivity index (χ1) is 5.61. The molecule has 0 aliphatic rings. The molecule has 0 bridgehead atoms. The molecule has 0 saturated carbocycles. The molecule has 0 amide bonds. The molecule has 12 heavy (non-hydrogen) atoms. The number of hydrogen-bond acceptors (Lipinski definition) is 5. The second-order valence-corrected chi connectivity index (χ2v) is 2.01. The third kappa shape index (κ3) is 3.82. The quantitative estimate of drug-likeness (QED) is 0.263. The summed E-state index contributed by atoms with van der Waals surface area (Å²) in [7, 11) is 2.81. The number of ether oxygens (including phenoxy) is 2. The molecule has 0 heterocycles. The minimum atomic E-state index is -0.946. The maximum Gasteiger partial charge on any atom is 0.357 e. The standard InChI is InChI=1S/C7H13NO4/c1-5(9)12-4-6(8-2)7(10)11-3/h4-5,8-9H,1-3H3/b6-4-. The number of methoxy groups -OCH3 is 1. The van der Waals surface area contributed by atoms with Gasteiger partial charge in [0.2, 0.25) is 0 Å². The van der Waals surface area contributed by atoms with Gasteiger partial charge in [-0.3, -0.25) is 0 Å². The van der Waals surface area contributed by atoms with Crippen molar-refractivity contribution in [1.29, 1.82) is 0 Å². The number of aliphatic hydroxyl groups is 1. The Morgan fingerprint density at radius 2 is 2.25 bits per heavy atom. The van der Waals surface area contributed by atoms with E-state index in [-0.39, 0.29) is 5.70 Å². The molecule has 5 heteroatoms. The van der Waals surface area contributed by atoms with Crippen LogP contribution in [0.25, 0.3) is 0 Å². The van der Waals surface area contributed by atoms with Gasteiger partial charge < -0.3 is 19.9 Å². The van der Waals surface area contributed by atoms with Crippen LogP contribution in [-0.2, 0) is 14.3 Å². The van der Waals surface area contributed by atoms with Crippen molar-refractivity contribution in [3.05, 3.63) is 12.0 Å². The summed E-state index contributed by atoms with van der Waals surface area (Å²) < 4.78 is 9.05. The molecular weight excluding hydrogens is 162 g/mol. The maximum atomic E-state index is 10.8. The van der Waals surface area contributed by atoms with E-state index in [1.54, 1.807) is 7.05 Å². The highest BCUT2D eigenvalue weighted by Crippen LogP contribution is 1.94. The average Bonchev–Trinajstić information content (AvgIpc) is 2.04. The first kappa shape index (κ1) is 10.8. The van der Waals surface area contributed by atoms with Crippen LogP contribution in [0.15, 0.2) is 12.0 Å². The van der Waals surface area contributed by atoms with Crippen LogP contribution >= 0.6 is 0 Å². The molecule has 0 radical (unpaired) electrons. The van der Waals surface area contributed by atoms with E-state index in [0.717, 1.165) is 6.26 Å². The molecule has 2 N–H and O–H groups in total. The van der Waals surface area contributed by atoms with Crippen molar-refractivity contribution in [2.45, 2.75) is 13.2 Å². The van der Waals surface area contributed by atoms with Crippen molar-refractivity contribution in [1.82, 2.24) is 5.32 Å². The number of esters is 1. The predicted molar refractivity (Wildman–Crippen MR) is 41.9 cm³/mol. The van der Waals surface area contributed by atoms with Gasteiger partial charge in [0.1, 0.15) is 6.26 Å². The van der Waals surface area contributed by atoms with Gasteiger partial charge in [0, 0.05) is 7.05 Å². The lowest BCUT2D eigenvalue weighted by molar-refractivity contribution is -0.136. The Hall–Kier alpha value is -1.23. The molecule has 1 atom stereocenters. The Labute approximate surface area is 71.0 Å². The lowest BCUT2D eigenvalue weighted by atomic mass is 10.5. The Bertz CT molecular complexity index is 176. The molecular formula is C7H13NO4. The molecule has 0 spiro atoms. The summed E-state index contributed by atoms with van der Waals surface area (Å²) in [6.07, 6.45) is 0.161. The van der Waals surface area contributed by atoms with Crippen molar-refractivity contribution in [2.75, 3.05) is 14.2 Å². The summed E-state index contributed by atoms with van der Waals surface area (Å²) in [5.41, 5.74) is 0.151. The van der Waals surface area contributed by atoms with E-state index in [1.807, 2.05) is 0 Å². The number of rotatable bonds is 4. The average molecular weight is 175 g/mol. The predicted octanol–water partition coefficient (Wildman–Crippen LogP) is -0.425. The SMILES string of the molecule is CN/C(=C\OC(C)O)C(=O)OC. The molecule has 0 rings (SSSR count). The molecule has 0 aromatic heterocycles. The largest absolute Gasteiger partial charge is 0.471 e. The molecule has 5 nitrogen and oxygen atoms in total. The number of carbonyl (C=O) groups is 1. The van der Waals surface area contributed by atoms with Gasteiger partial charge in [-0.1, -0.05) is 0 Å². The molecule has 0 fully saturated rings. The maximum absolute atomic E-state index is 10.8. The molecule has 70 valence electrons. The van der Waals surface area contributed by atoms with Gasteiger partial charge in [0.05, 0.1) is 7.11 Å². The minimum absolute atomic E-state index is 0.151. The smallest absolute Gasteiger partial charge is 0.357 e. The van der Waals surface area contributed by atoms with Crippen LogP contribution in [0, 0.1) is 0 Å². The zero-order valence-electron chi connectivity index (χ0n) is 7.33. The summed E-state index contributed by atoms with van der Waals surface area (Å²) in [6.45, 7) is 1.43. The fraction of sp³-hybridized carbons (Fsp3) is 0.571. The van der Waals surface area contributed by atoms with Gasteiger partial charge >= 0.3 is 5.97 Å². The molecule has 0 aliphatic heterocycles. The van der Waals surface area contributed by atoms with Crippen molar-refractivity contribution in [3.8, 4) is 0 Å². The van der Waals surface area contributed by atoms with Gasteiger partial charge in [-0.15, -0.1) is 0 Å². The van der Waals surface area contributed by atoms with E-state index >= 15 is 0 Å². The fourth-order valence-electron chi connectivity index (χ4n) is 0.486. The number of hydrogen-bond donors (Lipinski definition) is 2. The van der Waals surface area contributed by atoms with Crippen LogP contribution in [0.3, 0.4) is 0 Å². The minimum Gasteiger partial charge on any atom is -0.471 e. The van der Waals surface area contributed by atoms with E-state index in [0.29, 0.717) is 0 Å². The Balaban J connectivity index is 4.13. The third-order valence-corrected chi connectivity index (χ3v) is 1.06. The number of likely N-dealkylation sites (N-methyl/N-ethyl adjacent to an activating group) is 1. The van der Waals surface area contributed by atoms with Crippen molar-refractivity contribution in [2.24, 2.45) is 0 Å². The van der Waals surface area contributed by atoms with Crippen molar-refractivity contribution in [3.63, 3.8) is 0 Å². The van der Waals surface area contributed by atoms with Gasteiger partial charge in [-0.25, -0.2) is 4.79 Å². The lowest BCUT2D eigenvalue weighted by Crippen LogP contribution is -2.18. The normalized spacial score (nSPS) is 13.5. The van der Waals surface area contributed by atoms with Gasteiger partial charge in [0.15, 0.2) is 12.0 Å². The molecule has 0 aromatic rings. The fourth-order valence-corrected chi connectivity index (χ4v) is 0.486. The van der Waals surface area contributed by atoms with Gasteiger partial charge in [-0.05, 0) is 6.92 Å². The topological polar surface area (TPSA) is 67.8 Å². The lowest BCUT2D eigenvalue weighted by Gasteiger charge is -2.06. The first-order valence-electron chi connectivity index (χ1n) is 3.41. The van der Waals surface area contributed by atoms with Gasteiger partial charge in [0.25, 0.3) is 0 Å². The number of nitrogens with one attached hydrogen (secondary N) is 1. The van der Waals surface area contributed by atoms with Crippen LogP contribution in [0.4, 0.5) is 0 Å². The van der Waals surface area contributed by atoms with Crippen LogP contribution in [0.2, 0.25) is 0 Å². The summed E-state index contributed by atoms with van der Waals surface area (Å²) in [5.74, 6) is -0.543. The first-order valence-corrected chi connectivity index (χ1v) is 3.41. The highest BCUT2D eigenvalue weighted by Gasteiger charge is 2.07. The molecule has 0 saturated heterocycles. The molecule has 1 unspecified atom stereocenters. The highest BCUT2D eigenvalue weighted by atomic mass is 16.6. The zero-order valence-corrected chi connectivity index (χ0v) is 7.33. The highest BCUT2D eigenvalue weighted by molar-refractivity contribution is 5.87. The van der Waals surface area contributed by atoms with E-state index in [9.17, 15) is 4.79 Å². The summed E-state index contributed by atoms with van der Waals surface area (Å²) >= 11 is 0. The van der Waals surface area contributed by atoms with Crippen LogP contribution in [0.1, 0.15) is 6.92 Å². The van der Waals surface area contributed by atoms with Crippen LogP contribution in [-0.4, -0.2) is 31.5 Å². The Morgan fingerprint density at radius 3 is 2.58 bits per heavy atom. The Morgan fingerprint density at radius 1 is 1.67 bits per heavy atom. The summed E-state index contributed by atoms with van der Waals surface area (Å²) in [6, 6.07) is 0. The second kappa shape index (κ2) is 5.42. The third-order valence-electron chi connectivity index (χ3n) is 1.06. The zero-order chi connectivity index (χ0) is 9.56. The summed E-state index contributed by atoms with van der Waals surface area (Å²) in [4.78, 5) is 10.8. The van der Waals surface area contributed by atoms with E-state index < -0.39 is 12.3 Å². The van der Waals surface area contributed by atoms with E-state index in [4.69, 9.17) is 5.11 Å². The monoisotopic (exact) mass is 175 g/mol. The van der Waals surface area contributed by atoms with Crippen molar-refractivity contribution < 1.29 is 19.4 Å². The van der Waals surface area contributed by atoms with Crippen LogP contribution < -0.4 is 5.32 Å². The van der Waals surface area contributed by atoms with Gasteiger partial charge in [-0.2, -0.15) is 0 Å². The van der Waals surface area contributed by atoms with E-state index in [1.165, 1.54) is 14.0 Å². The van der Waals surface area contributed by atoms with E-state index in [2.05, 4.69) is 14.8 Å².